The second-order valence-corrected chi connectivity index (χ2v) is 4.28. The van der Waals surface area contributed by atoms with E-state index in [0.717, 1.165) is 10.7 Å². The van der Waals surface area contributed by atoms with E-state index in [1.807, 2.05) is 5.38 Å². The van der Waals surface area contributed by atoms with Crippen LogP contribution in [-0.2, 0) is 4.74 Å². The molecule has 4 nitrogen and oxygen atoms in total. The Hall–Kier alpha value is -1.75. The second-order valence-electron chi connectivity index (χ2n) is 3.39. The maximum atomic E-state index is 11.6. The summed E-state index contributed by atoms with van der Waals surface area (Å²) < 4.78 is 4.95. The Morgan fingerprint density at radius 1 is 1.47 bits per heavy atom. The molecule has 0 aliphatic heterocycles. The van der Waals surface area contributed by atoms with Crippen molar-refractivity contribution in [3.05, 3.63) is 35.0 Å². The molecule has 5 heteroatoms. The molecule has 0 aromatic carbocycles. The predicted octanol–water partition coefficient (Wildman–Crippen LogP) is 2.69. The van der Waals surface area contributed by atoms with E-state index in [-0.39, 0.29) is 5.97 Å². The molecule has 2 heterocycles. The number of esters is 1. The van der Waals surface area contributed by atoms with Crippen molar-refractivity contribution in [3.8, 4) is 10.7 Å². The van der Waals surface area contributed by atoms with Gasteiger partial charge >= 0.3 is 5.97 Å². The van der Waals surface area contributed by atoms with Crippen LogP contribution in [0.1, 0.15) is 23.0 Å². The topological polar surface area (TPSA) is 52.1 Å². The van der Waals surface area contributed by atoms with Crippen LogP contribution in [0.2, 0.25) is 0 Å². The SMILES string of the molecule is CCOC(=O)c1ccc(-c2nccs2)nc1C. The van der Waals surface area contributed by atoms with Crippen molar-refractivity contribution in [3.63, 3.8) is 0 Å². The average Bonchev–Trinajstić information content (AvgIpc) is 2.82. The number of hydrogen-bond donors (Lipinski definition) is 0. The number of carbonyl (C=O) groups excluding carboxylic acids is 1. The third-order valence-electron chi connectivity index (χ3n) is 2.23. The van der Waals surface area contributed by atoms with E-state index < -0.39 is 0 Å². The largest absolute Gasteiger partial charge is 0.462 e. The van der Waals surface area contributed by atoms with Gasteiger partial charge in [-0.25, -0.2) is 14.8 Å². The molecule has 0 aliphatic rings. The molecular weight excluding hydrogens is 236 g/mol. The van der Waals surface area contributed by atoms with E-state index in [1.165, 1.54) is 11.3 Å². The van der Waals surface area contributed by atoms with Crippen LogP contribution in [-0.4, -0.2) is 22.5 Å². The van der Waals surface area contributed by atoms with Crippen LogP contribution < -0.4 is 0 Å². The Labute approximate surface area is 103 Å². The van der Waals surface area contributed by atoms with Crippen LogP contribution in [0, 0.1) is 6.92 Å². The van der Waals surface area contributed by atoms with Gasteiger partial charge in [-0.1, -0.05) is 0 Å². The van der Waals surface area contributed by atoms with E-state index in [9.17, 15) is 4.79 Å². The van der Waals surface area contributed by atoms with Gasteiger partial charge in [0.05, 0.1) is 23.6 Å². The van der Waals surface area contributed by atoms with Crippen LogP contribution >= 0.6 is 11.3 Å². The summed E-state index contributed by atoms with van der Waals surface area (Å²) in [5.41, 5.74) is 1.95. The lowest BCUT2D eigenvalue weighted by molar-refractivity contribution is 0.0525. The van der Waals surface area contributed by atoms with Gasteiger partial charge in [0.15, 0.2) is 0 Å². The molecule has 0 fully saturated rings. The van der Waals surface area contributed by atoms with Crippen LogP contribution in [0.5, 0.6) is 0 Å². The van der Waals surface area contributed by atoms with E-state index in [0.29, 0.717) is 17.9 Å². The quantitative estimate of drug-likeness (QED) is 0.784. The molecule has 0 N–H and O–H groups in total. The lowest BCUT2D eigenvalue weighted by Gasteiger charge is -2.05. The van der Waals surface area contributed by atoms with Crippen molar-refractivity contribution in [2.24, 2.45) is 0 Å². The number of carbonyl (C=O) groups is 1. The van der Waals surface area contributed by atoms with Crippen molar-refractivity contribution in [1.82, 2.24) is 9.97 Å². The fourth-order valence-electron chi connectivity index (χ4n) is 1.45. The van der Waals surface area contributed by atoms with Crippen molar-refractivity contribution in [1.29, 1.82) is 0 Å². The lowest BCUT2D eigenvalue weighted by Crippen LogP contribution is -2.08. The third-order valence-corrected chi connectivity index (χ3v) is 3.03. The number of pyridine rings is 1. The van der Waals surface area contributed by atoms with Gasteiger partial charge in [-0.15, -0.1) is 11.3 Å². The molecule has 0 radical (unpaired) electrons. The highest BCUT2D eigenvalue weighted by Gasteiger charge is 2.12. The van der Waals surface area contributed by atoms with E-state index in [4.69, 9.17) is 4.74 Å². The van der Waals surface area contributed by atoms with Crippen LogP contribution in [0.3, 0.4) is 0 Å². The fraction of sp³-hybridized carbons (Fsp3) is 0.250. The number of aryl methyl sites for hydroxylation is 1. The smallest absolute Gasteiger partial charge is 0.339 e. The van der Waals surface area contributed by atoms with Crippen molar-refractivity contribution in [2.75, 3.05) is 6.61 Å². The Morgan fingerprint density at radius 3 is 2.88 bits per heavy atom. The predicted molar refractivity (Wildman–Crippen MR) is 66.0 cm³/mol. The summed E-state index contributed by atoms with van der Waals surface area (Å²) in [5.74, 6) is -0.330. The summed E-state index contributed by atoms with van der Waals surface area (Å²) in [6.45, 7) is 3.94. The molecule has 2 rings (SSSR count). The Kier molecular flexibility index (Phi) is 3.49. The molecule has 0 bridgehead atoms. The first-order valence-electron chi connectivity index (χ1n) is 5.27. The maximum Gasteiger partial charge on any atom is 0.339 e. The van der Waals surface area contributed by atoms with Gasteiger partial charge in [-0.05, 0) is 26.0 Å². The maximum absolute atomic E-state index is 11.6. The lowest BCUT2D eigenvalue weighted by atomic mass is 10.2. The first-order chi connectivity index (χ1) is 8.22. The monoisotopic (exact) mass is 248 g/mol. The number of thiazole rings is 1. The average molecular weight is 248 g/mol. The molecule has 0 saturated carbocycles. The molecule has 0 amide bonds. The Bertz CT molecular complexity index is 523. The van der Waals surface area contributed by atoms with E-state index in [2.05, 4.69) is 9.97 Å². The Balaban J connectivity index is 2.32. The summed E-state index contributed by atoms with van der Waals surface area (Å²) in [6, 6.07) is 3.52. The van der Waals surface area contributed by atoms with Crippen LogP contribution in [0.25, 0.3) is 10.7 Å². The van der Waals surface area contributed by atoms with E-state index in [1.54, 1.807) is 32.2 Å². The molecule has 2 aromatic rings. The fourth-order valence-corrected chi connectivity index (χ4v) is 2.06. The van der Waals surface area contributed by atoms with Gasteiger partial charge in [0.25, 0.3) is 0 Å². The zero-order chi connectivity index (χ0) is 12.3. The normalized spacial score (nSPS) is 10.2. The number of aromatic nitrogens is 2. The van der Waals surface area contributed by atoms with Crippen LogP contribution in [0.4, 0.5) is 0 Å². The molecule has 17 heavy (non-hydrogen) atoms. The zero-order valence-corrected chi connectivity index (χ0v) is 10.5. The minimum absolute atomic E-state index is 0.330. The molecule has 88 valence electrons. The third kappa shape index (κ3) is 2.50. The molecule has 0 atom stereocenters. The van der Waals surface area contributed by atoms with Gasteiger partial charge in [0, 0.05) is 11.6 Å². The minimum atomic E-state index is -0.330. The van der Waals surface area contributed by atoms with Crippen LogP contribution in [0.15, 0.2) is 23.7 Å². The second kappa shape index (κ2) is 5.05. The summed E-state index contributed by atoms with van der Waals surface area (Å²) in [4.78, 5) is 20.1. The van der Waals surface area contributed by atoms with Gasteiger partial charge in [-0.2, -0.15) is 0 Å². The van der Waals surface area contributed by atoms with E-state index >= 15 is 0 Å². The zero-order valence-electron chi connectivity index (χ0n) is 9.64. The molecule has 0 saturated heterocycles. The number of nitrogens with zero attached hydrogens (tertiary/aromatic N) is 2. The highest BCUT2D eigenvalue weighted by Crippen LogP contribution is 2.21. The van der Waals surface area contributed by atoms with Gasteiger partial charge in [0.1, 0.15) is 5.01 Å². The molecule has 2 aromatic heterocycles. The molecule has 0 spiro atoms. The van der Waals surface area contributed by atoms with Crippen molar-refractivity contribution in [2.45, 2.75) is 13.8 Å². The Morgan fingerprint density at radius 2 is 2.29 bits per heavy atom. The van der Waals surface area contributed by atoms with Gasteiger partial charge in [-0.3, -0.25) is 0 Å². The summed E-state index contributed by atoms with van der Waals surface area (Å²) in [5, 5.41) is 2.74. The number of hydrogen-bond acceptors (Lipinski definition) is 5. The first kappa shape index (κ1) is 11.7. The highest BCUT2D eigenvalue weighted by molar-refractivity contribution is 7.13. The number of rotatable bonds is 3. The first-order valence-corrected chi connectivity index (χ1v) is 6.15. The molecular formula is C12H12N2O2S. The summed E-state index contributed by atoms with van der Waals surface area (Å²) in [6.07, 6.45) is 1.73. The summed E-state index contributed by atoms with van der Waals surface area (Å²) in [7, 11) is 0. The standard InChI is InChI=1S/C12H12N2O2S/c1-3-16-12(15)9-4-5-10(14-8(9)2)11-13-6-7-17-11/h4-7H,3H2,1-2H3. The summed E-state index contributed by atoms with van der Waals surface area (Å²) >= 11 is 1.52. The molecule has 0 unspecified atom stereocenters. The molecule has 0 aliphatic carbocycles. The minimum Gasteiger partial charge on any atom is -0.462 e. The van der Waals surface area contributed by atoms with Gasteiger partial charge < -0.3 is 4.74 Å². The van der Waals surface area contributed by atoms with Crippen molar-refractivity contribution >= 4 is 17.3 Å². The number of ether oxygens (including phenoxy) is 1. The van der Waals surface area contributed by atoms with Crippen molar-refractivity contribution < 1.29 is 9.53 Å². The highest BCUT2D eigenvalue weighted by atomic mass is 32.1. The van der Waals surface area contributed by atoms with Gasteiger partial charge in [0.2, 0.25) is 0 Å².